The van der Waals surface area contributed by atoms with Gasteiger partial charge in [-0.15, -0.1) is 0 Å². The maximum Gasteiger partial charge on any atom is 0.239 e. The second-order valence-electron chi connectivity index (χ2n) is 4.83. The van der Waals surface area contributed by atoms with Gasteiger partial charge in [-0.25, -0.2) is 0 Å². The highest BCUT2D eigenvalue weighted by Gasteiger charge is 2.35. The Balaban J connectivity index is 1.95. The van der Waals surface area contributed by atoms with Crippen LogP contribution in [0.25, 0.3) is 0 Å². The Hall–Kier alpha value is -1.10. The number of fused-ring (bicyclic) bond motifs is 1. The molecule has 2 aliphatic rings. The number of nitrogens with two attached hydrogens (primary N) is 1. The third kappa shape index (κ3) is 2.19. The average Bonchev–Trinajstić information content (AvgIpc) is 2.27. The standard InChI is InChI=1S/C11H19N3O2/c1-7(12)11(16)14-5-4-9-8(6-14)2-3-10(15)13-9/h7-9H,2-6,12H2,1H3,(H,13,15). The summed E-state index contributed by atoms with van der Waals surface area (Å²) >= 11 is 0. The van der Waals surface area contributed by atoms with Gasteiger partial charge in [-0.1, -0.05) is 0 Å². The Morgan fingerprint density at radius 3 is 3.00 bits per heavy atom. The third-order valence-electron chi connectivity index (χ3n) is 3.52. The monoisotopic (exact) mass is 225 g/mol. The second kappa shape index (κ2) is 4.41. The zero-order chi connectivity index (χ0) is 11.7. The molecule has 2 amide bonds. The lowest BCUT2D eigenvalue weighted by atomic mass is 9.85. The van der Waals surface area contributed by atoms with E-state index in [1.54, 1.807) is 6.92 Å². The second-order valence-corrected chi connectivity index (χ2v) is 4.83. The van der Waals surface area contributed by atoms with Gasteiger partial charge in [0.15, 0.2) is 0 Å². The molecule has 0 aromatic heterocycles. The van der Waals surface area contributed by atoms with E-state index in [1.807, 2.05) is 4.90 Å². The van der Waals surface area contributed by atoms with Crippen molar-refractivity contribution in [2.75, 3.05) is 13.1 Å². The predicted octanol–water partition coefficient (Wildman–Crippen LogP) is -0.539. The molecule has 0 radical (unpaired) electrons. The minimum absolute atomic E-state index is 0.0235. The van der Waals surface area contributed by atoms with Crippen LogP contribution in [0.2, 0.25) is 0 Å². The molecule has 2 aliphatic heterocycles. The van der Waals surface area contributed by atoms with Gasteiger partial charge in [0.1, 0.15) is 0 Å². The number of carbonyl (C=O) groups is 2. The first-order chi connectivity index (χ1) is 7.58. The van der Waals surface area contributed by atoms with E-state index in [4.69, 9.17) is 5.73 Å². The minimum Gasteiger partial charge on any atom is -0.353 e. The van der Waals surface area contributed by atoms with Gasteiger partial charge in [-0.3, -0.25) is 9.59 Å². The molecule has 0 aromatic rings. The summed E-state index contributed by atoms with van der Waals surface area (Å²) in [6.07, 6.45) is 2.33. The number of rotatable bonds is 1. The molecule has 0 aliphatic carbocycles. The van der Waals surface area contributed by atoms with Crippen molar-refractivity contribution in [3.8, 4) is 0 Å². The van der Waals surface area contributed by atoms with E-state index < -0.39 is 6.04 Å². The molecule has 2 heterocycles. The van der Waals surface area contributed by atoms with Crippen LogP contribution in [0.5, 0.6) is 0 Å². The molecule has 16 heavy (non-hydrogen) atoms. The van der Waals surface area contributed by atoms with Gasteiger partial charge in [0.05, 0.1) is 6.04 Å². The lowest BCUT2D eigenvalue weighted by molar-refractivity contribution is -0.135. The number of nitrogens with one attached hydrogen (secondary N) is 1. The first-order valence-electron chi connectivity index (χ1n) is 5.91. The van der Waals surface area contributed by atoms with Gasteiger partial charge in [0.25, 0.3) is 0 Å². The van der Waals surface area contributed by atoms with Gasteiger partial charge in [0.2, 0.25) is 11.8 Å². The van der Waals surface area contributed by atoms with E-state index in [1.165, 1.54) is 0 Å². The summed E-state index contributed by atoms with van der Waals surface area (Å²) in [5, 5.41) is 3.00. The molecule has 3 unspecified atom stereocenters. The molecule has 90 valence electrons. The average molecular weight is 225 g/mol. The first kappa shape index (κ1) is 11.4. The number of hydrogen-bond acceptors (Lipinski definition) is 3. The highest BCUT2D eigenvalue weighted by molar-refractivity contribution is 5.81. The number of amides is 2. The van der Waals surface area contributed by atoms with Crippen LogP contribution in [-0.2, 0) is 9.59 Å². The summed E-state index contributed by atoms with van der Waals surface area (Å²) in [5.41, 5.74) is 5.60. The lowest BCUT2D eigenvalue weighted by Gasteiger charge is -2.41. The first-order valence-corrected chi connectivity index (χ1v) is 5.91. The van der Waals surface area contributed by atoms with Gasteiger partial charge >= 0.3 is 0 Å². The van der Waals surface area contributed by atoms with Crippen LogP contribution < -0.4 is 11.1 Å². The van der Waals surface area contributed by atoms with Crippen LogP contribution in [0.3, 0.4) is 0 Å². The van der Waals surface area contributed by atoms with Crippen molar-refractivity contribution in [3.05, 3.63) is 0 Å². The van der Waals surface area contributed by atoms with E-state index in [-0.39, 0.29) is 17.9 Å². The van der Waals surface area contributed by atoms with E-state index in [2.05, 4.69) is 5.32 Å². The molecule has 0 saturated carbocycles. The van der Waals surface area contributed by atoms with Crippen LogP contribution in [-0.4, -0.2) is 41.9 Å². The van der Waals surface area contributed by atoms with Crippen LogP contribution in [0.4, 0.5) is 0 Å². The molecule has 3 atom stereocenters. The highest BCUT2D eigenvalue weighted by Crippen LogP contribution is 2.25. The summed E-state index contributed by atoms with van der Waals surface area (Å²) in [7, 11) is 0. The molecule has 2 fully saturated rings. The lowest BCUT2D eigenvalue weighted by Crippen LogP contribution is -2.56. The van der Waals surface area contributed by atoms with Gasteiger partial charge in [-0.05, 0) is 25.7 Å². The maximum atomic E-state index is 11.8. The molecular formula is C11H19N3O2. The molecule has 2 rings (SSSR count). The van der Waals surface area contributed by atoms with Crippen LogP contribution in [0, 0.1) is 5.92 Å². The molecule has 5 nitrogen and oxygen atoms in total. The largest absolute Gasteiger partial charge is 0.353 e. The van der Waals surface area contributed by atoms with Crippen LogP contribution in [0.1, 0.15) is 26.2 Å². The summed E-state index contributed by atoms with van der Waals surface area (Å²) in [6.45, 7) is 3.17. The number of carbonyl (C=O) groups excluding carboxylic acids is 2. The smallest absolute Gasteiger partial charge is 0.239 e. The quantitative estimate of drug-likeness (QED) is 0.629. The molecule has 3 N–H and O–H groups in total. The van der Waals surface area contributed by atoms with E-state index >= 15 is 0 Å². The Labute approximate surface area is 95.3 Å². The Kier molecular flexibility index (Phi) is 3.14. The number of likely N-dealkylation sites (tertiary alicyclic amines) is 1. The van der Waals surface area contributed by atoms with Gasteiger partial charge in [-0.2, -0.15) is 0 Å². The number of nitrogens with zero attached hydrogens (tertiary/aromatic N) is 1. The van der Waals surface area contributed by atoms with Crippen molar-refractivity contribution in [3.63, 3.8) is 0 Å². The Bertz CT molecular complexity index is 304. The summed E-state index contributed by atoms with van der Waals surface area (Å²) < 4.78 is 0. The van der Waals surface area contributed by atoms with Crippen molar-refractivity contribution >= 4 is 11.8 Å². The van der Waals surface area contributed by atoms with Gasteiger partial charge in [0, 0.05) is 25.6 Å². The predicted molar refractivity (Wildman–Crippen MR) is 59.5 cm³/mol. The van der Waals surface area contributed by atoms with Crippen molar-refractivity contribution in [1.82, 2.24) is 10.2 Å². The molecule has 0 bridgehead atoms. The van der Waals surface area contributed by atoms with Crippen molar-refractivity contribution in [2.45, 2.75) is 38.3 Å². The zero-order valence-electron chi connectivity index (χ0n) is 9.61. The van der Waals surface area contributed by atoms with Crippen molar-refractivity contribution in [1.29, 1.82) is 0 Å². The minimum atomic E-state index is -0.422. The van der Waals surface area contributed by atoms with Crippen molar-refractivity contribution < 1.29 is 9.59 Å². The van der Waals surface area contributed by atoms with E-state index in [0.717, 1.165) is 19.4 Å². The fraction of sp³-hybridized carbons (Fsp3) is 0.818. The fourth-order valence-corrected chi connectivity index (χ4v) is 2.60. The summed E-state index contributed by atoms with van der Waals surface area (Å²) in [4.78, 5) is 24.8. The Morgan fingerprint density at radius 2 is 2.31 bits per heavy atom. The van der Waals surface area contributed by atoms with Gasteiger partial charge < -0.3 is 16.0 Å². The topological polar surface area (TPSA) is 75.4 Å². The number of piperidine rings is 2. The molecule has 0 aromatic carbocycles. The highest BCUT2D eigenvalue weighted by atomic mass is 16.2. The summed E-state index contributed by atoms with van der Waals surface area (Å²) in [6, 6.07) is -0.159. The SMILES string of the molecule is CC(N)C(=O)N1CCC2NC(=O)CCC2C1. The molecule has 5 heteroatoms. The molecular weight excluding hydrogens is 206 g/mol. The molecule has 2 saturated heterocycles. The van der Waals surface area contributed by atoms with E-state index in [9.17, 15) is 9.59 Å². The van der Waals surface area contributed by atoms with Crippen LogP contribution in [0.15, 0.2) is 0 Å². The number of hydrogen-bond donors (Lipinski definition) is 2. The molecule has 0 spiro atoms. The van der Waals surface area contributed by atoms with E-state index in [0.29, 0.717) is 18.9 Å². The summed E-state index contributed by atoms with van der Waals surface area (Å²) in [5.74, 6) is 0.581. The third-order valence-corrected chi connectivity index (χ3v) is 3.52. The fourth-order valence-electron chi connectivity index (χ4n) is 2.60. The van der Waals surface area contributed by atoms with Crippen LogP contribution >= 0.6 is 0 Å². The zero-order valence-corrected chi connectivity index (χ0v) is 9.61. The Morgan fingerprint density at radius 1 is 1.56 bits per heavy atom. The van der Waals surface area contributed by atoms with Crippen molar-refractivity contribution in [2.24, 2.45) is 11.7 Å². The maximum absolute atomic E-state index is 11.8. The normalized spacial score (nSPS) is 31.6.